The highest BCUT2D eigenvalue weighted by molar-refractivity contribution is 6.28. The molecule has 1 fully saturated rings. The minimum Gasteiger partial charge on any atom is -0.303 e. The first kappa shape index (κ1) is 12.8. The Morgan fingerprint density at radius 1 is 1.05 bits per heavy atom. The zero-order chi connectivity index (χ0) is 14.5. The summed E-state index contributed by atoms with van der Waals surface area (Å²) in [5, 5.41) is 0. The minimum atomic E-state index is -0.321. The van der Waals surface area contributed by atoms with Gasteiger partial charge in [-0.15, -0.1) is 0 Å². The van der Waals surface area contributed by atoms with Crippen molar-refractivity contribution in [2.24, 2.45) is 5.41 Å². The van der Waals surface area contributed by atoms with Crippen molar-refractivity contribution in [3.05, 3.63) is 42.0 Å². The van der Waals surface area contributed by atoms with Crippen molar-refractivity contribution in [1.29, 1.82) is 0 Å². The molecule has 1 aliphatic carbocycles. The van der Waals surface area contributed by atoms with Crippen LogP contribution in [0.3, 0.4) is 0 Å². The Bertz CT molecular complexity index is 628. The lowest BCUT2D eigenvalue weighted by Crippen LogP contribution is -2.29. The van der Waals surface area contributed by atoms with E-state index >= 15 is 0 Å². The van der Waals surface area contributed by atoms with Crippen LogP contribution in [-0.2, 0) is 19.8 Å². The van der Waals surface area contributed by atoms with Crippen LogP contribution in [0, 0.1) is 5.41 Å². The molecule has 0 N–H and O–H groups in total. The second-order valence-corrected chi connectivity index (χ2v) is 5.94. The standard InChI is InChI=1S/C16H15NO3/c1-15(10-18)9-16(15,2)11-3-5-12(6-4-11)17-13(19)7-8-14(17)20/h3-8,10H,9H2,1-2H3. The number of carbonyl (C=O) groups is 3. The van der Waals surface area contributed by atoms with Gasteiger partial charge >= 0.3 is 0 Å². The predicted octanol–water partition coefficient (Wildman–Crippen LogP) is 1.98. The summed E-state index contributed by atoms with van der Waals surface area (Å²) in [6.07, 6.45) is 4.37. The Hall–Kier alpha value is -2.23. The lowest BCUT2D eigenvalue weighted by atomic mass is 9.89. The fraction of sp³-hybridized carbons (Fsp3) is 0.312. The third-order valence-corrected chi connectivity index (χ3v) is 4.69. The average Bonchev–Trinajstić information content (AvgIpc) is 2.85. The molecule has 2 unspecified atom stereocenters. The van der Waals surface area contributed by atoms with Gasteiger partial charge in [-0.3, -0.25) is 9.59 Å². The van der Waals surface area contributed by atoms with Gasteiger partial charge in [0.05, 0.1) is 5.69 Å². The van der Waals surface area contributed by atoms with E-state index in [1.807, 2.05) is 19.1 Å². The quantitative estimate of drug-likeness (QED) is 0.623. The van der Waals surface area contributed by atoms with Crippen molar-refractivity contribution in [2.75, 3.05) is 4.90 Å². The summed E-state index contributed by atoms with van der Waals surface area (Å²) in [4.78, 5) is 35.5. The van der Waals surface area contributed by atoms with Gasteiger partial charge in [0.2, 0.25) is 0 Å². The number of anilines is 1. The molecule has 4 heteroatoms. The summed E-state index contributed by atoms with van der Waals surface area (Å²) in [5.74, 6) is -0.642. The van der Waals surface area contributed by atoms with Gasteiger partial charge < -0.3 is 4.79 Å². The van der Waals surface area contributed by atoms with Gasteiger partial charge in [-0.25, -0.2) is 4.90 Å². The van der Waals surface area contributed by atoms with Crippen molar-refractivity contribution < 1.29 is 14.4 Å². The fourth-order valence-electron chi connectivity index (χ4n) is 2.93. The summed E-state index contributed by atoms with van der Waals surface area (Å²) < 4.78 is 0. The van der Waals surface area contributed by atoms with Crippen LogP contribution in [0.4, 0.5) is 5.69 Å². The molecular formula is C16H15NO3. The van der Waals surface area contributed by atoms with Gasteiger partial charge in [-0.1, -0.05) is 26.0 Å². The zero-order valence-corrected chi connectivity index (χ0v) is 11.4. The topological polar surface area (TPSA) is 54.5 Å². The molecule has 1 saturated carbocycles. The molecule has 1 heterocycles. The van der Waals surface area contributed by atoms with Gasteiger partial charge in [-0.2, -0.15) is 0 Å². The molecule has 2 atom stereocenters. The van der Waals surface area contributed by atoms with Crippen molar-refractivity contribution in [1.82, 2.24) is 0 Å². The Morgan fingerprint density at radius 2 is 1.60 bits per heavy atom. The largest absolute Gasteiger partial charge is 0.303 e. The van der Waals surface area contributed by atoms with Gasteiger partial charge in [0.15, 0.2) is 0 Å². The second-order valence-electron chi connectivity index (χ2n) is 5.94. The highest BCUT2D eigenvalue weighted by Gasteiger charge is 2.61. The van der Waals surface area contributed by atoms with E-state index in [0.29, 0.717) is 5.69 Å². The molecule has 0 saturated heterocycles. The molecule has 1 aromatic rings. The summed E-state index contributed by atoms with van der Waals surface area (Å²) in [5.41, 5.74) is 1.16. The van der Waals surface area contributed by atoms with Crippen LogP contribution in [-0.4, -0.2) is 18.1 Å². The third kappa shape index (κ3) is 1.57. The summed E-state index contributed by atoms with van der Waals surface area (Å²) in [6.45, 7) is 4.01. The number of hydrogen-bond donors (Lipinski definition) is 0. The normalized spacial score (nSPS) is 31.8. The van der Waals surface area contributed by atoms with Crippen molar-refractivity contribution in [2.45, 2.75) is 25.7 Å². The maximum atomic E-state index is 11.6. The van der Waals surface area contributed by atoms with Crippen molar-refractivity contribution in [3.63, 3.8) is 0 Å². The Balaban J connectivity index is 1.89. The highest BCUT2D eigenvalue weighted by Crippen LogP contribution is 2.62. The van der Waals surface area contributed by atoms with Crippen LogP contribution >= 0.6 is 0 Å². The number of benzene rings is 1. The van der Waals surface area contributed by atoms with Gasteiger partial charge in [0, 0.05) is 23.0 Å². The Labute approximate surface area is 117 Å². The molecule has 2 aliphatic rings. The van der Waals surface area contributed by atoms with Gasteiger partial charge in [0.25, 0.3) is 11.8 Å². The van der Waals surface area contributed by atoms with E-state index in [9.17, 15) is 14.4 Å². The average molecular weight is 269 g/mol. The van der Waals surface area contributed by atoms with Crippen LogP contribution < -0.4 is 4.90 Å². The van der Waals surface area contributed by atoms with Crippen molar-refractivity contribution >= 4 is 23.8 Å². The molecular weight excluding hydrogens is 254 g/mol. The monoisotopic (exact) mass is 269 g/mol. The third-order valence-electron chi connectivity index (χ3n) is 4.69. The first-order valence-electron chi connectivity index (χ1n) is 6.54. The van der Waals surface area contributed by atoms with Gasteiger partial charge in [0.1, 0.15) is 6.29 Å². The molecule has 0 spiro atoms. The molecule has 0 bridgehead atoms. The molecule has 2 amide bonds. The number of hydrogen-bond acceptors (Lipinski definition) is 3. The summed E-state index contributed by atoms with van der Waals surface area (Å²) >= 11 is 0. The second kappa shape index (κ2) is 3.88. The van der Waals surface area contributed by atoms with E-state index in [2.05, 4.69) is 6.92 Å². The summed E-state index contributed by atoms with van der Waals surface area (Å²) in [6, 6.07) is 7.30. The molecule has 4 nitrogen and oxygen atoms in total. The number of carbonyl (C=O) groups excluding carboxylic acids is 3. The summed E-state index contributed by atoms with van der Waals surface area (Å²) in [7, 11) is 0. The van der Waals surface area contributed by atoms with Crippen molar-refractivity contribution in [3.8, 4) is 0 Å². The zero-order valence-electron chi connectivity index (χ0n) is 11.4. The van der Waals surface area contributed by atoms with E-state index in [1.54, 1.807) is 12.1 Å². The molecule has 0 aromatic heterocycles. The molecule has 0 radical (unpaired) electrons. The minimum absolute atomic E-state index is 0.148. The first-order chi connectivity index (χ1) is 9.41. The van der Waals surface area contributed by atoms with E-state index in [0.717, 1.165) is 23.2 Å². The Morgan fingerprint density at radius 3 is 2.05 bits per heavy atom. The molecule has 3 rings (SSSR count). The van der Waals surface area contributed by atoms with Crippen LogP contribution in [0.2, 0.25) is 0 Å². The number of imide groups is 1. The Kier molecular flexibility index (Phi) is 2.48. The van der Waals surface area contributed by atoms with Gasteiger partial charge in [-0.05, 0) is 24.1 Å². The van der Waals surface area contributed by atoms with E-state index in [-0.39, 0.29) is 22.6 Å². The van der Waals surface area contributed by atoms with E-state index in [1.165, 1.54) is 12.2 Å². The van der Waals surface area contributed by atoms with Crippen LogP contribution in [0.15, 0.2) is 36.4 Å². The fourth-order valence-corrected chi connectivity index (χ4v) is 2.93. The lowest BCUT2D eigenvalue weighted by molar-refractivity contribution is -0.120. The van der Waals surface area contributed by atoms with Crippen LogP contribution in [0.1, 0.15) is 25.8 Å². The number of amides is 2. The maximum Gasteiger partial charge on any atom is 0.258 e. The molecule has 1 aliphatic heterocycles. The maximum absolute atomic E-state index is 11.6. The number of rotatable bonds is 3. The molecule has 102 valence electrons. The van der Waals surface area contributed by atoms with Crippen LogP contribution in [0.25, 0.3) is 0 Å². The lowest BCUT2D eigenvalue weighted by Gasteiger charge is -2.17. The van der Waals surface area contributed by atoms with E-state index in [4.69, 9.17) is 0 Å². The number of aldehydes is 1. The SMILES string of the molecule is CC1(C=O)CC1(C)c1ccc(N2C(=O)C=CC2=O)cc1. The molecule has 20 heavy (non-hydrogen) atoms. The van der Waals surface area contributed by atoms with E-state index < -0.39 is 0 Å². The number of nitrogens with zero attached hydrogens (tertiary/aromatic N) is 1. The highest BCUT2D eigenvalue weighted by atomic mass is 16.2. The predicted molar refractivity (Wildman–Crippen MR) is 74.2 cm³/mol. The molecule has 1 aromatic carbocycles. The first-order valence-corrected chi connectivity index (χ1v) is 6.54. The van der Waals surface area contributed by atoms with Crippen LogP contribution in [0.5, 0.6) is 0 Å². The smallest absolute Gasteiger partial charge is 0.258 e.